The quantitative estimate of drug-likeness (QED) is 0.580. The Morgan fingerprint density at radius 1 is 0.944 bits per heavy atom. The zero-order valence-corrected chi connectivity index (χ0v) is 20.4. The number of amides is 1. The Bertz CT molecular complexity index is 1200. The first-order chi connectivity index (χ1) is 17.0. The van der Waals surface area contributed by atoms with Gasteiger partial charge in [-0.3, -0.25) is 4.79 Å². The molecule has 1 aliphatic heterocycles. The molecule has 0 bridgehead atoms. The van der Waals surface area contributed by atoms with E-state index in [1.807, 2.05) is 6.07 Å². The number of aliphatic hydroxyl groups is 1. The highest BCUT2D eigenvalue weighted by molar-refractivity contribution is 7.89. The number of nitrogens with one attached hydrogen (secondary N) is 1. The van der Waals surface area contributed by atoms with Crippen LogP contribution in [0.15, 0.2) is 59.5 Å². The maximum absolute atomic E-state index is 13.3. The summed E-state index contributed by atoms with van der Waals surface area (Å²) in [6.45, 7) is 0.879. The molecule has 1 saturated heterocycles. The van der Waals surface area contributed by atoms with Crippen LogP contribution in [0.25, 0.3) is 0 Å². The average molecular weight is 523 g/mol. The lowest BCUT2D eigenvalue weighted by Crippen LogP contribution is -2.49. The summed E-state index contributed by atoms with van der Waals surface area (Å²) in [5, 5.41) is 14.5. The van der Waals surface area contributed by atoms with Crippen LogP contribution in [0, 0.1) is 23.7 Å². The molecule has 1 amide bonds. The van der Waals surface area contributed by atoms with Crippen LogP contribution in [0.3, 0.4) is 0 Å². The fraction of sp³-hybridized carbons (Fsp3) is 0.500. The third-order valence-corrected chi connectivity index (χ3v) is 10.0. The summed E-state index contributed by atoms with van der Waals surface area (Å²) in [6, 6.07) is 12.5. The number of hydrogen-bond donors (Lipinski definition) is 2. The van der Waals surface area contributed by atoms with E-state index >= 15 is 0 Å². The van der Waals surface area contributed by atoms with Crippen molar-refractivity contribution in [3.05, 3.63) is 65.7 Å². The molecule has 1 heterocycles. The standard InChI is InChI=1S/C26H29F3N2O4S/c27-26(28,29)19-10-12-20(13-11-19)36(34,35)31-15-22-21(23(22)16-31)14-30-24(32)25(33,18-8-4-5-9-18)17-6-2-1-3-7-17/h1-3,6-7,10-13,18,21-23,33H,4-5,8-9,14-16H2,(H,30,32)/t21?,22-,23?,25?/m1/s1. The molecule has 0 aromatic heterocycles. The smallest absolute Gasteiger partial charge is 0.375 e. The molecule has 0 radical (unpaired) electrons. The van der Waals surface area contributed by atoms with Crippen molar-refractivity contribution in [2.75, 3.05) is 19.6 Å². The van der Waals surface area contributed by atoms with E-state index in [0.29, 0.717) is 12.1 Å². The van der Waals surface area contributed by atoms with E-state index in [2.05, 4.69) is 5.32 Å². The molecule has 5 rings (SSSR count). The second-order valence-electron chi connectivity index (χ2n) is 10.2. The summed E-state index contributed by atoms with van der Waals surface area (Å²) in [7, 11) is -3.89. The normalized spacial score (nSPS) is 26.4. The number of fused-ring (bicyclic) bond motifs is 1. The highest BCUT2D eigenvalue weighted by atomic mass is 32.2. The lowest BCUT2D eigenvalue weighted by Gasteiger charge is -2.33. The number of carbonyl (C=O) groups excluding carboxylic acids is 1. The van der Waals surface area contributed by atoms with Crippen molar-refractivity contribution in [2.24, 2.45) is 23.7 Å². The number of hydrogen-bond acceptors (Lipinski definition) is 4. The third-order valence-electron chi connectivity index (χ3n) is 8.16. The van der Waals surface area contributed by atoms with Crippen molar-refractivity contribution in [3.8, 4) is 0 Å². The minimum Gasteiger partial charge on any atom is -0.375 e. The van der Waals surface area contributed by atoms with Crippen LogP contribution >= 0.6 is 0 Å². The molecule has 2 aromatic rings. The van der Waals surface area contributed by atoms with Gasteiger partial charge in [-0.25, -0.2) is 8.42 Å². The van der Waals surface area contributed by atoms with Gasteiger partial charge in [-0.1, -0.05) is 43.2 Å². The first-order valence-electron chi connectivity index (χ1n) is 12.3. The zero-order valence-electron chi connectivity index (χ0n) is 19.6. The van der Waals surface area contributed by atoms with Crippen molar-refractivity contribution in [2.45, 2.75) is 42.4 Å². The third kappa shape index (κ3) is 4.43. The highest BCUT2D eigenvalue weighted by Gasteiger charge is 2.58. The Kier molecular flexibility index (Phi) is 6.41. The van der Waals surface area contributed by atoms with Crippen molar-refractivity contribution in [3.63, 3.8) is 0 Å². The lowest BCUT2D eigenvalue weighted by molar-refractivity contribution is -0.147. The van der Waals surface area contributed by atoms with Crippen LogP contribution < -0.4 is 5.32 Å². The maximum Gasteiger partial charge on any atom is 0.416 e. The van der Waals surface area contributed by atoms with Gasteiger partial charge in [0.15, 0.2) is 5.60 Å². The molecule has 6 nitrogen and oxygen atoms in total. The number of halogens is 3. The van der Waals surface area contributed by atoms with Crippen LogP contribution in [0.2, 0.25) is 0 Å². The molecule has 4 atom stereocenters. The number of alkyl halides is 3. The Hall–Kier alpha value is -2.43. The van der Waals surface area contributed by atoms with E-state index in [9.17, 15) is 31.5 Å². The molecule has 2 aliphatic carbocycles. The number of nitrogens with zero attached hydrogens (tertiary/aromatic N) is 1. The largest absolute Gasteiger partial charge is 0.416 e. The minimum absolute atomic E-state index is 0.0748. The fourth-order valence-electron chi connectivity index (χ4n) is 6.01. The van der Waals surface area contributed by atoms with Gasteiger partial charge in [-0.15, -0.1) is 0 Å². The summed E-state index contributed by atoms with van der Waals surface area (Å²) < 4.78 is 65.5. The monoisotopic (exact) mass is 522 g/mol. The van der Waals surface area contributed by atoms with E-state index in [1.54, 1.807) is 24.3 Å². The van der Waals surface area contributed by atoms with Crippen LogP contribution in [-0.4, -0.2) is 43.4 Å². The second kappa shape index (κ2) is 9.15. The molecule has 194 valence electrons. The van der Waals surface area contributed by atoms with Crippen LogP contribution in [0.5, 0.6) is 0 Å². The minimum atomic E-state index is -4.53. The van der Waals surface area contributed by atoms with Gasteiger partial charge in [-0.2, -0.15) is 17.5 Å². The Labute approximate surface area is 208 Å². The number of piperidine rings is 1. The number of sulfonamides is 1. The highest BCUT2D eigenvalue weighted by Crippen LogP contribution is 2.52. The first kappa shape index (κ1) is 25.2. The summed E-state index contributed by atoms with van der Waals surface area (Å²) in [5.74, 6) is -0.309. The predicted octanol–water partition coefficient (Wildman–Crippen LogP) is 3.77. The summed E-state index contributed by atoms with van der Waals surface area (Å²) in [4.78, 5) is 13.1. The molecule has 3 fully saturated rings. The van der Waals surface area contributed by atoms with Gasteiger partial charge < -0.3 is 10.4 Å². The zero-order chi connectivity index (χ0) is 25.7. The molecule has 0 spiro atoms. The molecule has 3 aliphatic rings. The molecule has 3 unspecified atom stereocenters. The van der Waals surface area contributed by atoms with Crippen molar-refractivity contribution in [1.82, 2.24) is 9.62 Å². The van der Waals surface area contributed by atoms with Gasteiger partial charge in [0.05, 0.1) is 10.5 Å². The predicted molar refractivity (Wildman–Crippen MR) is 126 cm³/mol. The van der Waals surface area contributed by atoms with Crippen molar-refractivity contribution in [1.29, 1.82) is 0 Å². The maximum atomic E-state index is 13.3. The topological polar surface area (TPSA) is 86.7 Å². The molecule has 2 N–H and O–H groups in total. The Balaban J connectivity index is 1.20. The van der Waals surface area contributed by atoms with Gasteiger partial charge in [0.25, 0.3) is 5.91 Å². The SMILES string of the molecule is O=C(NCC1C2CN(S(=O)(=O)c3ccc(C(F)(F)F)cc3)C[C@H]12)C(O)(c1ccccc1)C1CCCC1. The van der Waals surface area contributed by atoms with E-state index in [1.165, 1.54) is 4.31 Å². The van der Waals surface area contributed by atoms with E-state index < -0.39 is 33.3 Å². The van der Waals surface area contributed by atoms with E-state index in [0.717, 1.165) is 49.9 Å². The summed E-state index contributed by atoms with van der Waals surface area (Å²) in [6.07, 6.45) is -1.01. The van der Waals surface area contributed by atoms with Crippen LogP contribution in [0.1, 0.15) is 36.8 Å². The fourth-order valence-corrected chi connectivity index (χ4v) is 7.52. The molecule has 36 heavy (non-hydrogen) atoms. The van der Waals surface area contributed by atoms with E-state index in [4.69, 9.17) is 0 Å². The summed E-state index contributed by atoms with van der Waals surface area (Å²) in [5.41, 5.74) is -1.91. The van der Waals surface area contributed by atoms with Crippen molar-refractivity contribution < 1.29 is 31.5 Å². The van der Waals surface area contributed by atoms with Gasteiger partial charge >= 0.3 is 6.18 Å². The second-order valence-corrected chi connectivity index (χ2v) is 12.1. The molecular weight excluding hydrogens is 493 g/mol. The molecular formula is C26H29F3N2O4S. The van der Waals surface area contributed by atoms with E-state index in [-0.39, 0.29) is 41.7 Å². The number of carbonyl (C=O) groups is 1. The van der Waals surface area contributed by atoms with Gasteiger partial charge in [0.1, 0.15) is 0 Å². The average Bonchev–Trinajstić information content (AvgIpc) is 3.26. The number of benzene rings is 2. The lowest BCUT2D eigenvalue weighted by atomic mass is 9.79. The molecule has 10 heteroatoms. The van der Waals surface area contributed by atoms with Gasteiger partial charge in [0.2, 0.25) is 10.0 Å². The number of rotatable bonds is 7. The van der Waals surface area contributed by atoms with Gasteiger partial charge in [0, 0.05) is 25.6 Å². The Morgan fingerprint density at radius 2 is 1.53 bits per heavy atom. The first-order valence-corrected chi connectivity index (χ1v) is 13.7. The van der Waals surface area contributed by atoms with Crippen LogP contribution in [0.4, 0.5) is 13.2 Å². The molecule has 2 saturated carbocycles. The van der Waals surface area contributed by atoms with Crippen molar-refractivity contribution >= 4 is 15.9 Å². The van der Waals surface area contributed by atoms with Crippen LogP contribution in [-0.2, 0) is 26.6 Å². The Morgan fingerprint density at radius 3 is 2.08 bits per heavy atom. The van der Waals surface area contributed by atoms with Gasteiger partial charge in [-0.05, 0) is 60.4 Å². The molecule has 2 aromatic carbocycles. The summed E-state index contributed by atoms with van der Waals surface area (Å²) >= 11 is 0.